The van der Waals surface area contributed by atoms with Crippen LogP contribution in [0.25, 0.3) is 0 Å². The molecule has 5 aromatic rings. The van der Waals surface area contributed by atoms with Crippen molar-refractivity contribution in [2.75, 3.05) is 80.6 Å². The van der Waals surface area contributed by atoms with Gasteiger partial charge in [0.25, 0.3) is 11.8 Å². The molecule has 4 N–H and O–H groups in total. The zero-order chi connectivity index (χ0) is 42.6. The summed E-state index contributed by atoms with van der Waals surface area (Å²) in [7, 11) is 1.30. The number of para-hydroxylation sites is 1. The zero-order valence-corrected chi connectivity index (χ0v) is 35.5. The van der Waals surface area contributed by atoms with E-state index in [-0.39, 0.29) is 49.5 Å². The Labute approximate surface area is 359 Å². The van der Waals surface area contributed by atoms with Gasteiger partial charge in [-0.3, -0.25) is 29.4 Å². The van der Waals surface area contributed by atoms with Crippen molar-refractivity contribution in [3.63, 3.8) is 0 Å². The molecule has 61 heavy (non-hydrogen) atoms. The summed E-state index contributed by atoms with van der Waals surface area (Å²) < 4.78 is 5.79. The highest BCUT2D eigenvalue weighted by molar-refractivity contribution is 7.64. The minimum Gasteiger partial charge on any atom is -0.494 e. The first-order chi connectivity index (χ1) is 29.5. The number of piperidine rings is 1. The maximum absolute atomic E-state index is 13.2. The van der Waals surface area contributed by atoms with Gasteiger partial charge in [-0.2, -0.15) is 4.98 Å². The van der Waals surface area contributed by atoms with Gasteiger partial charge < -0.3 is 30.5 Å². The molecule has 18 heteroatoms. The molecule has 0 radical (unpaired) electrons. The van der Waals surface area contributed by atoms with E-state index in [1.54, 1.807) is 42.5 Å². The van der Waals surface area contributed by atoms with Crippen molar-refractivity contribution in [1.29, 1.82) is 0 Å². The van der Waals surface area contributed by atoms with Gasteiger partial charge in [0.05, 0.1) is 37.3 Å². The van der Waals surface area contributed by atoms with Crippen LogP contribution in [0.1, 0.15) is 45.3 Å². The molecule has 0 saturated carbocycles. The van der Waals surface area contributed by atoms with Crippen molar-refractivity contribution in [2.45, 2.75) is 24.8 Å². The van der Waals surface area contributed by atoms with Crippen LogP contribution in [-0.2, 0) is 9.59 Å². The number of benzene rings is 3. The number of halogens is 1. The molecule has 8 rings (SSSR count). The standard InChI is InChI=1S/C43H45ClN11O5P/c1-60-36-20-28(12-14-32(36)50-43-47-21-31(44)39(52-43)49-33-6-4-5-7-37(33)61(2)3)53-16-18-54(19-17-53)29-24-55(25-29)42(59)35-23-45-34(22-46-35)41(58)48-27-10-8-26(9-11-27)30-13-15-38(56)51-40(30)57/h4-12,14,20-23,29-30H,13,15-19,24-25H2,1-3H3,(H,48,58)(H,51,56,57)(H2,47,49,50,52). The molecule has 3 saturated heterocycles. The van der Waals surface area contributed by atoms with Gasteiger partial charge in [-0.1, -0.05) is 49.9 Å². The second-order valence-electron chi connectivity index (χ2n) is 15.2. The van der Waals surface area contributed by atoms with E-state index in [1.807, 2.05) is 30.3 Å². The molecule has 0 bridgehead atoms. The molecule has 2 aromatic heterocycles. The number of ether oxygens (including phenoxy) is 1. The number of carbonyl (C=O) groups is 4. The van der Waals surface area contributed by atoms with Crippen LogP contribution in [0.5, 0.6) is 5.75 Å². The number of amides is 4. The fourth-order valence-electron chi connectivity index (χ4n) is 7.63. The third kappa shape index (κ3) is 9.41. The van der Waals surface area contributed by atoms with Crippen molar-refractivity contribution < 1.29 is 23.9 Å². The van der Waals surface area contributed by atoms with Gasteiger partial charge in [0, 0.05) is 74.9 Å². The molecular weight excluding hydrogens is 817 g/mol. The lowest BCUT2D eigenvalue weighted by atomic mass is 9.90. The average molecular weight is 862 g/mol. The maximum Gasteiger partial charge on any atom is 0.275 e. The van der Waals surface area contributed by atoms with Crippen LogP contribution in [-0.4, -0.2) is 119 Å². The molecule has 4 amide bonds. The maximum atomic E-state index is 13.2. The van der Waals surface area contributed by atoms with E-state index in [1.165, 1.54) is 17.7 Å². The SMILES string of the molecule is COc1cc(N2CCN(C3CN(C(=O)c4cnc(C(=O)Nc5ccc(C6CCC(=O)NC6=O)cc5)cn4)C3)CC2)ccc1Nc1ncc(Cl)c(Nc2ccccc2P(C)C)n1. The minimum atomic E-state index is -0.478. The summed E-state index contributed by atoms with van der Waals surface area (Å²) in [6.07, 6.45) is 4.93. The number of imide groups is 1. The lowest BCUT2D eigenvalue weighted by molar-refractivity contribution is -0.134. The predicted molar refractivity (Wildman–Crippen MR) is 236 cm³/mol. The van der Waals surface area contributed by atoms with Crippen LogP contribution in [0.3, 0.4) is 0 Å². The smallest absolute Gasteiger partial charge is 0.275 e. The van der Waals surface area contributed by atoms with Crippen molar-refractivity contribution in [3.05, 3.63) is 107 Å². The molecule has 1 atom stereocenters. The number of hydrogen-bond acceptors (Lipinski definition) is 13. The van der Waals surface area contributed by atoms with Crippen LogP contribution in [0, 0.1) is 0 Å². The number of carbonyl (C=O) groups excluding carboxylic acids is 4. The Morgan fingerprint density at radius 2 is 1.61 bits per heavy atom. The summed E-state index contributed by atoms with van der Waals surface area (Å²) in [5.74, 6) is -0.158. The zero-order valence-electron chi connectivity index (χ0n) is 33.9. The van der Waals surface area contributed by atoms with Crippen LogP contribution in [0.4, 0.5) is 34.5 Å². The molecule has 16 nitrogen and oxygen atoms in total. The predicted octanol–water partition coefficient (Wildman–Crippen LogP) is 5.20. The molecule has 3 fully saturated rings. The molecule has 3 aromatic carbocycles. The fourth-order valence-corrected chi connectivity index (χ4v) is 8.77. The molecule has 0 spiro atoms. The topological polar surface area (TPSA) is 187 Å². The van der Waals surface area contributed by atoms with Gasteiger partial charge in [-0.05, 0) is 61.0 Å². The summed E-state index contributed by atoms with van der Waals surface area (Å²) in [5, 5.41) is 13.4. The summed E-state index contributed by atoms with van der Waals surface area (Å²) in [6.45, 7) is 8.89. The average Bonchev–Trinajstić information content (AvgIpc) is 3.25. The summed E-state index contributed by atoms with van der Waals surface area (Å²) >= 11 is 6.50. The molecule has 3 aliphatic rings. The van der Waals surface area contributed by atoms with Crippen LogP contribution in [0.2, 0.25) is 5.02 Å². The highest BCUT2D eigenvalue weighted by atomic mass is 35.5. The molecule has 3 aliphatic heterocycles. The molecule has 5 heterocycles. The first-order valence-electron chi connectivity index (χ1n) is 19.9. The number of likely N-dealkylation sites (tertiary alicyclic amines) is 1. The number of rotatable bonds is 12. The number of piperazine rings is 1. The van der Waals surface area contributed by atoms with E-state index in [9.17, 15) is 19.2 Å². The summed E-state index contributed by atoms with van der Waals surface area (Å²) in [5.41, 5.74) is 4.24. The van der Waals surface area contributed by atoms with Gasteiger partial charge >= 0.3 is 0 Å². The summed E-state index contributed by atoms with van der Waals surface area (Å²) in [4.78, 5) is 73.8. The van der Waals surface area contributed by atoms with Crippen LogP contribution >= 0.6 is 19.5 Å². The Morgan fingerprint density at radius 1 is 0.869 bits per heavy atom. The number of nitrogens with zero attached hydrogens (tertiary/aromatic N) is 7. The summed E-state index contributed by atoms with van der Waals surface area (Å²) in [6, 6.07) is 21.3. The van der Waals surface area contributed by atoms with Crippen molar-refractivity contribution in [1.82, 2.24) is 35.1 Å². The minimum absolute atomic E-state index is 0.0653. The lowest BCUT2D eigenvalue weighted by Crippen LogP contribution is -2.64. The Bertz CT molecular complexity index is 2440. The van der Waals surface area contributed by atoms with E-state index in [0.29, 0.717) is 47.7 Å². The van der Waals surface area contributed by atoms with E-state index >= 15 is 0 Å². The van der Waals surface area contributed by atoms with Gasteiger partial charge in [-0.15, -0.1) is 0 Å². The van der Waals surface area contributed by atoms with Gasteiger partial charge in [0.15, 0.2) is 5.82 Å². The van der Waals surface area contributed by atoms with Gasteiger partial charge in [0.2, 0.25) is 17.8 Å². The molecule has 1 unspecified atom stereocenters. The number of anilines is 6. The molecule has 314 valence electrons. The van der Waals surface area contributed by atoms with E-state index in [4.69, 9.17) is 16.3 Å². The van der Waals surface area contributed by atoms with Gasteiger partial charge in [0.1, 0.15) is 22.2 Å². The van der Waals surface area contributed by atoms with Crippen LogP contribution < -0.4 is 36.2 Å². The van der Waals surface area contributed by atoms with Crippen molar-refractivity contribution in [2.24, 2.45) is 0 Å². The van der Waals surface area contributed by atoms with E-state index in [2.05, 4.69) is 76.5 Å². The quantitative estimate of drug-likeness (QED) is 0.0949. The lowest BCUT2D eigenvalue weighted by Gasteiger charge is -2.48. The first-order valence-corrected chi connectivity index (χ1v) is 22.5. The fraction of sp³-hybridized carbons (Fsp3) is 0.302. The van der Waals surface area contributed by atoms with E-state index in [0.717, 1.165) is 48.8 Å². The highest BCUT2D eigenvalue weighted by Crippen LogP contribution is 2.35. The first kappa shape index (κ1) is 41.5. The Hall–Kier alpha value is -6.22. The number of hydrogen-bond donors (Lipinski definition) is 4. The number of methoxy groups -OCH3 is 1. The third-order valence-electron chi connectivity index (χ3n) is 11.1. The Morgan fingerprint density at radius 3 is 2.31 bits per heavy atom. The largest absolute Gasteiger partial charge is 0.494 e. The Balaban J connectivity index is 0.801. The normalized spacial score (nSPS) is 17.1. The van der Waals surface area contributed by atoms with Crippen molar-refractivity contribution in [3.8, 4) is 5.75 Å². The molecular formula is C43H45ClN11O5P. The van der Waals surface area contributed by atoms with E-state index < -0.39 is 11.8 Å². The monoisotopic (exact) mass is 861 g/mol. The number of aromatic nitrogens is 4. The second-order valence-corrected chi connectivity index (χ2v) is 17.9. The van der Waals surface area contributed by atoms with Crippen LogP contribution in [0.15, 0.2) is 85.3 Å². The Kier molecular flexibility index (Phi) is 12.4. The molecule has 0 aliphatic carbocycles. The number of nitrogens with one attached hydrogen (secondary N) is 4. The van der Waals surface area contributed by atoms with Gasteiger partial charge in [-0.25, -0.2) is 15.0 Å². The second kappa shape index (κ2) is 18.2. The highest BCUT2D eigenvalue weighted by Gasteiger charge is 2.37. The van der Waals surface area contributed by atoms with Crippen molar-refractivity contribution >= 4 is 83.0 Å². The third-order valence-corrected chi connectivity index (χ3v) is 12.7.